The molecule has 0 aliphatic carbocycles. The number of unbranched alkanes of at least 4 members (excludes halogenated alkanes) is 15. The van der Waals surface area contributed by atoms with Crippen LogP contribution >= 0.6 is 0 Å². The summed E-state index contributed by atoms with van der Waals surface area (Å²) in [4.78, 5) is 48.9. The molecule has 0 aromatic rings. The fourth-order valence-electron chi connectivity index (χ4n) is 5.09. The third kappa shape index (κ3) is 26.0. The molecule has 43 heavy (non-hydrogen) atoms. The zero-order chi connectivity index (χ0) is 32.0. The number of hydrogen-bond acceptors (Lipinski definition) is 6. The third-order valence-electron chi connectivity index (χ3n) is 7.82. The Morgan fingerprint density at radius 3 is 1.44 bits per heavy atom. The van der Waals surface area contributed by atoms with Gasteiger partial charge >= 0.3 is 5.97 Å². The molecule has 0 saturated heterocycles. The summed E-state index contributed by atoms with van der Waals surface area (Å²) in [6.45, 7) is 3.66. The number of amides is 3. The molecule has 0 aliphatic rings. The van der Waals surface area contributed by atoms with Crippen LogP contribution in [0.15, 0.2) is 0 Å². The molecule has 0 unspecified atom stereocenters. The highest BCUT2D eigenvalue weighted by atomic mass is 16.4. The van der Waals surface area contributed by atoms with Gasteiger partial charge in [0, 0.05) is 19.4 Å². The molecule has 0 spiro atoms. The van der Waals surface area contributed by atoms with Crippen molar-refractivity contribution in [2.24, 2.45) is 11.5 Å². The highest BCUT2D eigenvalue weighted by Gasteiger charge is 2.21. The number of carboxylic acids is 1. The third-order valence-corrected chi connectivity index (χ3v) is 7.82. The van der Waals surface area contributed by atoms with Crippen molar-refractivity contribution in [2.45, 2.75) is 167 Å². The minimum Gasteiger partial charge on any atom is -0.480 e. The zero-order valence-corrected chi connectivity index (χ0v) is 27.3. The summed E-state index contributed by atoms with van der Waals surface area (Å²) < 4.78 is 0. The lowest BCUT2D eigenvalue weighted by Crippen LogP contribution is -2.47. The molecule has 0 saturated carbocycles. The second-order valence-electron chi connectivity index (χ2n) is 11.9. The Labute approximate surface area is 261 Å². The first-order valence-corrected chi connectivity index (χ1v) is 17.3. The molecule has 8 N–H and O–H groups in total. The Bertz CT molecular complexity index is 722. The molecule has 0 bridgehead atoms. The van der Waals surface area contributed by atoms with Gasteiger partial charge in [-0.05, 0) is 70.9 Å². The number of carboxylic acid groups (broad SMARTS) is 1. The van der Waals surface area contributed by atoms with Crippen molar-refractivity contribution in [3.8, 4) is 0 Å². The Morgan fingerprint density at radius 2 is 0.977 bits per heavy atom. The molecule has 0 aromatic heterocycles. The van der Waals surface area contributed by atoms with Crippen LogP contribution in [0.3, 0.4) is 0 Å². The molecule has 10 nitrogen and oxygen atoms in total. The highest BCUT2D eigenvalue weighted by molar-refractivity contribution is 5.87. The average molecular weight is 612 g/mol. The van der Waals surface area contributed by atoms with Crippen molar-refractivity contribution in [3.05, 3.63) is 0 Å². The number of carbonyl (C=O) groups is 4. The topological polar surface area (TPSA) is 177 Å². The molecular formula is C33H65N5O5. The number of hydrogen-bond donors (Lipinski definition) is 6. The van der Waals surface area contributed by atoms with E-state index in [2.05, 4.69) is 22.9 Å². The summed E-state index contributed by atoms with van der Waals surface area (Å²) >= 11 is 0. The SMILES string of the molecule is CCCCCCCCCCCCCCCC(=O)N[C@@H](CCCCN)C(=O)NCCCCC(=O)N[C@@H](CCCCN)C(=O)O. The van der Waals surface area contributed by atoms with Crippen molar-refractivity contribution >= 4 is 23.7 Å². The lowest BCUT2D eigenvalue weighted by molar-refractivity contribution is -0.142. The number of nitrogens with one attached hydrogen (secondary N) is 3. The second kappa shape index (κ2) is 29.9. The smallest absolute Gasteiger partial charge is 0.326 e. The van der Waals surface area contributed by atoms with E-state index in [1.54, 1.807) is 0 Å². The van der Waals surface area contributed by atoms with E-state index >= 15 is 0 Å². The van der Waals surface area contributed by atoms with Crippen LogP contribution in [-0.4, -0.2) is 60.5 Å². The molecule has 0 aromatic carbocycles. The molecule has 0 heterocycles. The van der Waals surface area contributed by atoms with E-state index in [4.69, 9.17) is 11.5 Å². The molecule has 0 radical (unpaired) electrons. The predicted octanol–water partition coefficient (Wildman–Crippen LogP) is 5.07. The van der Waals surface area contributed by atoms with Gasteiger partial charge in [0.15, 0.2) is 0 Å². The molecule has 3 amide bonds. The van der Waals surface area contributed by atoms with Gasteiger partial charge < -0.3 is 32.5 Å². The normalized spacial score (nSPS) is 12.4. The predicted molar refractivity (Wildman–Crippen MR) is 174 cm³/mol. The van der Waals surface area contributed by atoms with Crippen molar-refractivity contribution in [2.75, 3.05) is 19.6 Å². The standard InChI is InChI=1S/C33H65N5O5/c1-2-3-4-5-6-7-8-9-10-11-12-13-14-23-30(39)37-28(21-15-18-25-34)32(41)36-27-20-17-24-31(40)38-29(33(42)43)22-16-19-26-35/h28-29H,2-27,34-35H2,1H3,(H,36,41)(H,37,39)(H,38,40)(H,42,43)/t28-,29-/m0/s1. The lowest BCUT2D eigenvalue weighted by Gasteiger charge is -2.18. The van der Waals surface area contributed by atoms with Gasteiger partial charge in [-0.25, -0.2) is 4.79 Å². The van der Waals surface area contributed by atoms with Crippen LogP contribution in [0.1, 0.15) is 155 Å². The maximum atomic E-state index is 12.8. The van der Waals surface area contributed by atoms with Gasteiger partial charge in [-0.15, -0.1) is 0 Å². The van der Waals surface area contributed by atoms with Crippen LogP contribution in [-0.2, 0) is 19.2 Å². The molecule has 10 heteroatoms. The number of carbonyl (C=O) groups excluding carboxylic acids is 3. The zero-order valence-electron chi connectivity index (χ0n) is 27.3. The molecular weight excluding hydrogens is 546 g/mol. The monoisotopic (exact) mass is 611 g/mol. The van der Waals surface area contributed by atoms with Crippen LogP contribution in [0.5, 0.6) is 0 Å². The van der Waals surface area contributed by atoms with Gasteiger partial charge in [0.2, 0.25) is 17.7 Å². The fraction of sp³-hybridized carbons (Fsp3) is 0.879. The molecule has 2 atom stereocenters. The molecule has 0 aliphatic heterocycles. The Balaban J connectivity index is 4.16. The molecule has 0 rings (SSSR count). The van der Waals surface area contributed by atoms with Crippen LogP contribution in [0.4, 0.5) is 0 Å². The van der Waals surface area contributed by atoms with Crippen LogP contribution < -0.4 is 27.4 Å². The number of aliphatic carboxylic acids is 1. The highest BCUT2D eigenvalue weighted by Crippen LogP contribution is 2.13. The quantitative estimate of drug-likeness (QED) is 0.0593. The van der Waals surface area contributed by atoms with E-state index in [1.807, 2.05) is 0 Å². The second-order valence-corrected chi connectivity index (χ2v) is 11.9. The van der Waals surface area contributed by atoms with Gasteiger partial charge in [-0.3, -0.25) is 14.4 Å². The van der Waals surface area contributed by atoms with Gasteiger partial charge in [0.25, 0.3) is 0 Å². The van der Waals surface area contributed by atoms with E-state index in [9.17, 15) is 24.3 Å². The van der Waals surface area contributed by atoms with Crippen LogP contribution in [0.2, 0.25) is 0 Å². The van der Waals surface area contributed by atoms with E-state index < -0.39 is 18.1 Å². The van der Waals surface area contributed by atoms with Gasteiger partial charge in [-0.1, -0.05) is 84.0 Å². The van der Waals surface area contributed by atoms with Gasteiger partial charge in [0.1, 0.15) is 12.1 Å². The van der Waals surface area contributed by atoms with Gasteiger partial charge in [-0.2, -0.15) is 0 Å². The van der Waals surface area contributed by atoms with Gasteiger partial charge in [0.05, 0.1) is 0 Å². The molecule has 252 valence electrons. The number of rotatable bonds is 31. The average Bonchev–Trinajstić information content (AvgIpc) is 2.98. The minimum atomic E-state index is -1.05. The van der Waals surface area contributed by atoms with E-state index in [1.165, 1.54) is 64.2 Å². The van der Waals surface area contributed by atoms with Crippen molar-refractivity contribution < 1.29 is 24.3 Å². The molecule has 0 fully saturated rings. The van der Waals surface area contributed by atoms with Crippen LogP contribution in [0.25, 0.3) is 0 Å². The minimum absolute atomic E-state index is 0.0907. The summed E-state index contributed by atoms with van der Waals surface area (Å²) in [5.74, 6) is -1.67. The van der Waals surface area contributed by atoms with Crippen molar-refractivity contribution in [3.63, 3.8) is 0 Å². The van der Waals surface area contributed by atoms with E-state index in [0.717, 1.165) is 32.1 Å². The first-order chi connectivity index (χ1) is 20.8. The summed E-state index contributed by atoms with van der Waals surface area (Å²) in [6, 6.07) is -1.49. The number of nitrogens with two attached hydrogens (primary N) is 2. The Morgan fingerprint density at radius 1 is 0.558 bits per heavy atom. The largest absolute Gasteiger partial charge is 0.480 e. The van der Waals surface area contributed by atoms with Crippen molar-refractivity contribution in [1.82, 2.24) is 16.0 Å². The van der Waals surface area contributed by atoms with E-state index in [0.29, 0.717) is 64.6 Å². The maximum absolute atomic E-state index is 12.8. The lowest BCUT2D eigenvalue weighted by atomic mass is 10.0. The summed E-state index contributed by atoms with van der Waals surface area (Å²) in [5.41, 5.74) is 11.1. The summed E-state index contributed by atoms with van der Waals surface area (Å²) in [5, 5.41) is 17.6. The summed E-state index contributed by atoms with van der Waals surface area (Å²) in [6.07, 6.45) is 21.8. The first kappa shape index (κ1) is 40.8. The first-order valence-electron chi connectivity index (χ1n) is 17.3. The summed E-state index contributed by atoms with van der Waals surface area (Å²) in [7, 11) is 0. The Hall–Kier alpha value is -2.20. The van der Waals surface area contributed by atoms with E-state index in [-0.39, 0.29) is 24.1 Å². The fourth-order valence-corrected chi connectivity index (χ4v) is 5.09. The Kier molecular flexibility index (Phi) is 28.3. The van der Waals surface area contributed by atoms with Crippen molar-refractivity contribution in [1.29, 1.82) is 0 Å². The maximum Gasteiger partial charge on any atom is 0.326 e. The van der Waals surface area contributed by atoms with Crippen LogP contribution in [0, 0.1) is 0 Å².